The van der Waals surface area contributed by atoms with Crippen molar-refractivity contribution in [3.8, 4) is 0 Å². The van der Waals surface area contributed by atoms with E-state index in [4.69, 9.17) is 0 Å². The molecule has 1 aromatic rings. The van der Waals surface area contributed by atoms with Crippen LogP contribution in [0.4, 0.5) is 0 Å². The Hall–Kier alpha value is -1.39. The van der Waals surface area contributed by atoms with Crippen molar-refractivity contribution in [3.63, 3.8) is 0 Å². The van der Waals surface area contributed by atoms with Gasteiger partial charge in [-0.25, -0.2) is 0 Å². The maximum absolute atomic E-state index is 11.5. The van der Waals surface area contributed by atoms with E-state index >= 15 is 0 Å². The van der Waals surface area contributed by atoms with Crippen LogP contribution in [0, 0.1) is 0 Å². The molecule has 4 nitrogen and oxygen atoms in total. The zero-order valence-electron chi connectivity index (χ0n) is 10.3. The molecule has 0 radical (unpaired) electrons. The fourth-order valence-corrected chi connectivity index (χ4v) is 2.67. The van der Waals surface area contributed by atoms with E-state index in [0.29, 0.717) is 0 Å². The number of benzene rings is 1. The fraction of sp³-hybridized carbons (Fsp3) is 0.500. The van der Waals surface area contributed by atoms with Gasteiger partial charge in [0, 0.05) is 6.04 Å². The first kappa shape index (κ1) is 13.1. The van der Waals surface area contributed by atoms with Crippen LogP contribution < -0.4 is 0 Å². The van der Waals surface area contributed by atoms with E-state index < -0.39 is 12.0 Å². The minimum atomic E-state index is -0.846. The Morgan fingerprint density at radius 2 is 2.06 bits per heavy atom. The lowest BCUT2D eigenvalue weighted by molar-refractivity contribution is -0.145. The molecule has 2 N–H and O–H groups in total. The van der Waals surface area contributed by atoms with Gasteiger partial charge < -0.3 is 10.2 Å². The molecule has 2 unspecified atom stereocenters. The van der Waals surface area contributed by atoms with Gasteiger partial charge in [-0.3, -0.25) is 9.69 Å². The molecular formula is C14H19NO3. The molecule has 1 fully saturated rings. The Kier molecular flexibility index (Phi) is 4.33. The van der Waals surface area contributed by atoms with Crippen LogP contribution in [0.1, 0.15) is 30.9 Å². The minimum absolute atomic E-state index is 0.0244. The molecule has 1 aromatic carbocycles. The summed E-state index contributed by atoms with van der Waals surface area (Å²) in [6, 6.07) is 8.56. The van der Waals surface area contributed by atoms with Crippen molar-refractivity contribution in [2.24, 2.45) is 0 Å². The molecule has 4 heteroatoms. The Morgan fingerprint density at radius 3 is 2.67 bits per heavy atom. The van der Waals surface area contributed by atoms with E-state index in [1.54, 1.807) is 0 Å². The zero-order valence-corrected chi connectivity index (χ0v) is 10.3. The molecule has 0 saturated carbocycles. The number of rotatable bonds is 4. The predicted molar refractivity (Wildman–Crippen MR) is 68.2 cm³/mol. The second-order valence-corrected chi connectivity index (χ2v) is 4.72. The van der Waals surface area contributed by atoms with Crippen LogP contribution >= 0.6 is 0 Å². The van der Waals surface area contributed by atoms with E-state index in [9.17, 15) is 15.0 Å². The highest BCUT2D eigenvalue weighted by Crippen LogP contribution is 2.28. The van der Waals surface area contributed by atoms with Gasteiger partial charge in [-0.2, -0.15) is 0 Å². The molecule has 98 valence electrons. The van der Waals surface area contributed by atoms with Gasteiger partial charge in [0.1, 0.15) is 6.04 Å². The Morgan fingerprint density at radius 1 is 1.33 bits per heavy atom. The molecule has 0 bridgehead atoms. The van der Waals surface area contributed by atoms with Crippen molar-refractivity contribution < 1.29 is 15.0 Å². The minimum Gasteiger partial charge on any atom is -0.480 e. The molecule has 2 rings (SSSR count). The summed E-state index contributed by atoms with van der Waals surface area (Å²) in [5.74, 6) is -0.846. The topological polar surface area (TPSA) is 60.8 Å². The standard InChI is InChI=1S/C14H19NO3/c16-10-12-8-4-5-9-15(12)13(14(17)18)11-6-2-1-3-7-11/h1-3,6-7,12-13,16H,4-5,8-10H2,(H,17,18). The second-order valence-electron chi connectivity index (χ2n) is 4.72. The molecule has 18 heavy (non-hydrogen) atoms. The normalized spacial score (nSPS) is 22.6. The van der Waals surface area contributed by atoms with Crippen LogP contribution in [0.3, 0.4) is 0 Å². The Bertz CT molecular complexity index is 393. The Balaban J connectivity index is 2.27. The number of likely N-dealkylation sites (tertiary alicyclic amines) is 1. The lowest BCUT2D eigenvalue weighted by Crippen LogP contribution is -2.46. The van der Waals surface area contributed by atoms with Crippen molar-refractivity contribution in [2.45, 2.75) is 31.3 Å². The number of carbonyl (C=O) groups is 1. The summed E-state index contributed by atoms with van der Waals surface area (Å²) in [6.07, 6.45) is 2.92. The predicted octanol–water partition coefficient (Wildman–Crippen LogP) is 1.66. The van der Waals surface area contributed by atoms with E-state index in [-0.39, 0.29) is 12.6 Å². The lowest BCUT2D eigenvalue weighted by atomic mass is 9.96. The van der Waals surface area contributed by atoms with Gasteiger partial charge in [-0.15, -0.1) is 0 Å². The summed E-state index contributed by atoms with van der Waals surface area (Å²) in [7, 11) is 0. The van der Waals surface area contributed by atoms with Gasteiger partial charge in [0.2, 0.25) is 0 Å². The first-order valence-corrected chi connectivity index (χ1v) is 6.38. The van der Waals surface area contributed by atoms with Crippen LogP contribution in [0.15, 0.2) is 30.3 Å². The molecule has 1 heterocycles. The number of carboxylic acids is 1. The molecular weight excluding hydrogens is 230 g/mol. The average molecular weight is 249 g/mol. The largest absolute Gasteiger partial charge is 0.480 e. The molecule has 1 aliphatic heterocycles. The maximum atomic E-state index is 11.5. The zero-order chi connectivity index (χ0) is 13.0. The molecule has 1 aliphatic rings. The summed E-state index contributed by atoms with van der Waals surface area (Å²) in [5.41, 5.74) is 0.783. The highest BCUT2D eigenvalue weighted by atomic mass is 16.4. The second kappa shape index (κ2) is 5.98. The first-order chi connectivity index (χ1) is 8.74. The van der Waals surface area contributed by atoms with Crippen molar-refractivity contribution in [1.29, 1.82) is 0 Å². The smallest absolute Gasteiger partial charge is 0.325 e. The third kappa shape index (κ3) is 2.71. The summed E-state index contributed by atoms with van der Waals surface area (Å²) in [5, 5.41) is 18.9. The first-order valence-electron chi connectivity index (χ1n) is 6.38. The summed E-state index contributed by atoms with van der Waals surface area (Å²) < 4.78 is 0. The number of carboxylic acid groups (broad SMARTS) is 1. The average Bonchev–Trinajstić information content (AvgIpc) is 2.40. The van der Waals surface area contributed by atoms with E-state index in [1.807, 2.05) is 35.2 Å². The van der Waals surface area contributed by atoms with Gasteiger partial charge in [0.25, 0.3) is 0 Å². The number of aliphatic carboxylic acids is 1. The van der Waals surface area contributed by atoms with Gasteiger partial charge >= 0.3 is 5.97 Å². The SMILES string of the molecule is O=C(O)C(c1ccccc1)N1CCCCC1CO. The molecule has 0 amide bonds. The molecule has 0 aliphatic carbocycles. The van der Waals surface area contributed by atoms with Crippen LogP contribution in [-0.4, -0.2) is 40.3 Å². The van der Waals surface area contributed by atoms with Crippen LogP contribution in [-0.2, 0) is 4.79 Å². The molecule has 2 atom stereocenters. The number of hydrogen-bond donors (Lipinski definition) is 2. The van der Waals surface area contributed by atoms with Crippen molar-refractivity contribution in [2.75, 3.05) is 13.2 Å². The summed E-state index contributed by atoms with van der Waals surface area (Å²) in [6.45, 7) is 0.758. The van der Waals surface area contributed by atoms with Crippen LogP contribution in [0.2, 0.25) is 0 Å². The third-order valence-corrected chi connectivity index (χ3v) is 3.56. The fourth-order valence-electron chi connectivity index (χ4n) is 2.67. The maximum Gasteiger partial charge on any atom is 0.325 e. The van der Waals surface area contributed by atoms with E-state index in [2.05, 4.69) is 0 Å². The van der Waals surface area contributed by atoms with Gasteiger partial charge in [0.15, 0.2) is 0 Å². The number of aliphatic hydroxyl groups excluding tert-OH is 1. The highest BCUT2D eigenvalue weighted by Gasteiger charge is 2.33. The van der Waals surface area contributed by atoms with Crippen molar-refractivity contribution in [3.05, 3.63) is 35.9 Å². The van der Waals surface area contributed by atoms with Crippen LogP contribution in [0.25, 0.3) is 0 Å². The Labute approximate surface area is 107 Å². The number of piperidine rings is 1. The molecule has 0 aromatic heterocycles. The van der Waals surface area contributed by atoms with E-state index in [0.717, 1.165) is 31.4 Å². The molecule has 0 spiro atoms. The van der Waals surface area contributed by atoms with Gasteiger partial charge in [-0.1, -0.05) is 36.8 Å². The summed E-state index contributed by atoms with van der Waals surface area (Å²) in [4.78, 5) is 13.5. The van der Waals surface area contributed by atoms with E-state index in [1.165, 1.54) is 0 Å². The van der Waals surface area contributed by atoms with Gasteiger partial charge in [0.05, 0.1) is 6.61 Å². The monoisotopic (exact) mass is 249 g/mol. The third-order valence-electron chi connectivity index (χ3n) is 3.56. The molecule has 1 saturated heterocycles. The van der Waals surface area contributed by atoms with Crippen molar-refractivity contribution in [1.82, 2.24) is 4.90 Å². The van der Waals surface area contributed by atoms with Gasteiger partial charge in [-0.05, 0) is 24.9 Å². The number of aliphatic hydroxyl groups is 1. The number of nitrogens with zero attached hydrogens (tertiary/aromatic N) is 1. The summed E-state index contributed by atoms with van der Waals surface area (Å²) >= 11 is 0. The highest BCUT2D eigenvalue weighted by molar-refractivity contribution is 5.75. The number of hydrogen-bond acceptors (Lipinski definition) is 3. The lowest BCUT2D eigenvalue weighted by Gasteiger charge is -2.38. The van der Waals surface area contributed by atoms with Crippen molar-refractivity contribution >= 4 is 5.97 Å². The van der Waals surface area contributed by atoms with Crippen LogP contribution in [0.5, 0.6) is 0 Å². The quantitative estimate of drug-likeness (QED) is 0.852.